The Labute approximate surface area is 393 Å². The molecule has 0 aromatic carbocycles. The minimum Gasteiger partial charge on any atom is -0.462 e. The number of hydrogen-bond donors (Lipinski definition) is 7. The smallest absolute Gasteiger partial charge is 0.306 e. The van der Waals surface area contributed by atoms with Crippen LogP contribution in [-0.2, 0) is 38.0 Å². The number of allylic oxidation sites excluding steroid dienone is 12. The number of aliphatic hydroxyl groups excluding tert-OH is 7. The van der Waals surface area contributed by atoms with Crippen LogP contribution in [-0.4, -0.2) is 142 Å². The Kier molecular flexibility index (Phi) is 33.9. The first-order valence-electron chi connectivity index (χ1n) is 24.5. The molecule has 0 bridgehead atoms. The van der Waals surface area contributed by atoms with Crippen LogP contribution < -0.4 is 0 Å². The lowest BCUT2D eigenvalue weighted by Gasteiger charge is -2.42. The van der Waals surface area contributed by atoms with Crippen LogP contribution in [0, 0.1) is 0 Å². The van der Waals surface area contributed by atoms with Crippen LogP contribution in [0.1, 0.15) is 142 Å². The molecule has 0 amide bonds. The van der Waals surface area contributed by atoms with Crippen molar-refractivity contribution in [2.45, 2.75) is 210 Å². The van der Waals surface area contributed by atoms with Gasteiger partial charge in [-0.3, -0.25) is 9.59 Å². The van der Waals surface area contributed by atoms with E-state index in [1.165, 1.54) is 0 Å². The molecule has 66 heavy (non-hydrogen) atoms. The SMILES string of the molecule is CC/C=C\C/C=C\C/C=C\CCCCCCCC(=O)OC[C@@H](CO[C@H]1O[C@@H](CO[C@@H]2O[C@H](CO)[C@@H](O)[C@H](O)[C@@H]2O)[C@H](O)[C@@H](O)[C@@H]1O)OC(=O)CCCCCCC/C=C\C/C=C\C/C=C\CC. The van der Waals surface area contributed by atoms with E-state index in [2.05, 4.69) is 86.8 Å². The molecule has 2 fully saturated rings. The highest BCUT2D eigenvalue weighted by atomic mass is 16.7. The van der Waals surface area contributed by atoms with E-state index in [0.29, 0.717) is 12.8 Å². The van der Waals surface area contributed by atoms with Crippen LogP contribution in [0.5, 0.6) is 0 Å². The van der Waals surface area contributed by atoms with Crippen LogP contribution in [0.4, 0.5) is 0 Å². The summed E-state index contributed by atoms with van der Waals surface area (Å²) in [6, 6.07) is 0. The zero-order valence-electron chi connectivity index (χ0n) is 39.6. The average Bonchev–Trinajstić information content (AvgIpc) is 3.31. The second-order valence-corrected chi connectivity index (χ2v) is 16.9. The van der Waals surface area contributed by atoms with Crippen molar-refractivity contribution in [1.29, 1.82) is 0 Å². The Morgan fingerprint density at radius 2 is 0.909 bits per heavy atom. The summed E-state index contributed by atoms with van der Waals surface area (Å²) in [5.74, 6) is -0.973. The molecule has 0 radical (unpaired) electrons. The summed E-state index contributed by atoms with van der Waals surface area (Å²) in [6.07, 6.45) is 26.5. The molecule has 2 heterocycles. The summed E-state index contributed by atoms with van der Waals surface area (Å²) in [4.78, 5) is 25.7. The molecule has 0 spiro atoms. The van der Waals surface area contributed by atoms with E-state index in [1.807, 2.05) is 0 Å². The van der Waals surface area contributed by atoms with E-state index >= 15 is 0 Å². The molecule has 11 atom stereocenters. The molecule has 2 rings (SSSR count). The van der Waals surface area contributed by atoms with Gasteiger partial charge in [0.15, 0.2) is 18.7 Å². The van der Waals surface area contributed by atoms with Crippen molar-refractivity contribution in [2.24, 2.45) is 0 Å². The molecule has 15 nitrogen and oxygen atoms in total. The zero-order chi connectivity index (χ0) is 48.2. The fraction of sp³-hybridized carbons (Fsp3) is 0.725. The first-order chi connectivity index (χ1) is 32.0. The Bertz CT molecular complexity index is 1430. The Hall–Kier alpha value is -3.06. The van der Waals surface area contributed by atoms with Gasteiger partial charge < -0.3 is 64.2 Å². The third-order valence-electron chi connectivity index (χ3n) is 11.2. The van der Waals surface area contributed by atoms with Crippen molar-refractivity contribution in [1.82, 2.24) is 0 Å². The second kappa shape index (κ2) is 37.9. The van der Waals surface area contributed by atoms with E-state index in [9.17, 15) is 45.3 Å². The molecule has 2 saturated heterocycles. The van der Waals surface area contributed by atoms with Crippen LogP contribution in [0.25, 0.3) is 0 Å². The highest BCUT2D eigenvalue weighted by molar-refractivity contribution is 5.70. The van der Waals surface area contributed by atoms with Gasteiger partial charge in [-0.25, -0.2) is 0 Å². The molecule has 2 aliphatic heterocycles. The molecule has 0 aromatic heterocycles. The monoisotopic (exact) mass is 937 g/mol. The average molecular weight is 937 g/mol. The fourth-order valence-corrected chi connectivity index (χ4v) is 7.18. The van der Waals surface area contributed by atoms with Gasteiger partial charge in [0.2, 0.25) is 0 Å². The highest BCUT2D eigenvalue weighted by Gasteiger charge is 2.47. The number of rotatable bonds is 36. The van der Waals surface area contributed by atoms with Gasteiger partial charge in [-0.2, -0.15) is 0 Å². The molecule has 0 saturated carbocycles. The molecule has 0 aliphatic carbocycles. The first kappa shape index (κ1) is 59.1. The molecule has 378 valence electrons. The summed E-state index contributed by atoms with van der Waals surface area (Å²) in [7, 11) is 0. The largest absolute Gasteiger partial charge is 0.462 e. The van der Waals surface area contributed by atoms with Gasteiger partial charge in [-0.05, 0) is 77.0 Å². The first-order valence-corrected chi connectivity index (χ1v) is 24.5. The van der Waals surface area contributed by atoms with Gasteiger partial charge in [-0.1, -0.05) is 125 Å². The molecular weight excluding hydrogens is 853 g/mol. The Balaban J connectivity index is 1.84. The third kappa shape index (κ3) is 25.9. The summed E-state index contributed by atoms with van der Waals surface area (Å²) in [6.45, 7) is 2.30. The number of esters is 2. The van der Waals surface area contributed by atoms with Gasteiger partial charge in [-0.15, -0.1) is 0 Å². The maximum atomic E-state index is 13.0. The number of carbonyl (C=O) groups excluding carboxylic acids is 2. The quantitative estimate of drug-likeness (QED) is 0.0209. The molecule has 0 aromatic rings. The van der Waals surface area contributed by atoms with Crippen LogP contribution >= 0.6 is 0 Å². The number of aliphatic hydroxyl groups is 7. The van der Waals surface area contributed by atoms with E-state index in [1.54, 1.807) is 0 Å². The lowest BCUT2D eigenvalue weighted by atomic mass is 9.98. The number of carbonyl (C=O) groups is 2. The maximum absolute atomic E-state index is 13.0. The van der Waals surface area contributed by atoms with Gasteiger partial charge in [0.05, 0.1) is 19.8 Å². The zero-order valence-corrected chi connectivity index (χ0v) is 39.6. The molecular formula is C51H84O15. The predicted molar refractivity (Wildman–Crippen MR) is 252 cm³/mol. The van der Waals surface area contributed by atoms with Crippen molar-refractivity contribution >= 4 is 11.9 Å². The molecule has 2 aliphatic rings. The van der Waals surface area contributed by atoms with Gasteiger partial charge in [0.25, 0.3) is 0 Å². The van der Waals surface area contributed by atoms with Crippen molar-refractivity contribution in [3.8, 4) is 0 Å². The number of unbranched alkanes of at least 4 members (excludes halogenated alkanes) is 10. The van der Waals surface area contributed by atoms with E-state index < -0.39 is 99.3 Å². The normalized spacial score (nSPS) is 26.8. The van der Waals surface area contributed by atoms with Crippen molar-refractivity contribution in [2.75, 3.05) is 26.4 Å². The summed E-state index contributed by atoms with van der Waals surface area (Å²) < 4.78 is 33.5. The predicted octanol–water partition coefficient (Wildman–Crippen LogP) is 6.26. The van der Waals surface area contributed by atoms with E-state index in [0.717, 1.165) is 103 Å². The third-order valence-corrected chi connectivity index (χ3v) is 11.2. The second-order valence-electron chi connectivity index (χ2n) is 16.9. The Morgan fingerprint density at radius 3 is 1.42 bits per heavy atom. The van der Waals surface area contributed by atoms with Crippen molar-refractivity contribution in [3.63, 3.8) is 0 Å². The number of ether oxygens (including phenoxy) is 6. The lowest BCUT2D eigenvalue weighted by Crippen LogP contribution is -2.61. The van der Waals surface area contributed by atoms with Gasteiger partial charge >= 0.3 is 11.9 Å². The molecule has 7 N–H and O–H groups in total. The van der Waals surface area contributed by atoms with Gasteiger partial charge in [0, 0.05) is 12.8 Å². The van der Waals surface area contributed by atoms with Crippen molar-refractivity contribution in [3.05, 3.63) is 72.9 Å². The fourth-order valence-electron chi connectivity index (χ4n) is 7.18. The van der Waals surface area contributed by atoms with Crippen LogP contribution in [0.3, 0.4) is 0 Å². The highest BCUT2D eigenvalue weighted by Crippen LogP contribution is 2.26. The van der Waals surface area contributed by atoms with Crippen molar-refractivity contribution < 1.29 is 73.8 Å². The van der Waals surface area contributed by atoms with Gasteiger partial charge in [0.1, 0.15) is 55.4 Å². The summed E-state index contributed by atoms with van der Waals surface area (Å²) in [5, 5.41) is 72.0. The maximum Gasteiger partial charge on any atom is 0.306 e. The summed E-state index contributed by atoms with van der Waals surface area (Å²) >= 11 is 0. The summed E-state index contributed by atoms with van der Waals surface area (Å²) in [5.41, 5.74) is 0. The van der Waals surface area contributed by atoms with Crippen LogP contribution in [0.15, 0.2) is 72.9 Å². The lowest BCUT2D eigenvalue weighted by molar-refractivity contribution is -0.332. The Morgan fingerprint density at radius 1 is 0.485 bits per heavy atom. The number of hydrogen-bond acceptors (Lipinski definition) is 15. The minimum absolute atomic E-state index is 0.138. The van der Waals surface area contributed by atoms with Crippen LogP contribution in [0.2, 0.25) is 0 Å². The van der Waals surface area contributed by atoms with E-state index in [-0.39, 0.29) is 19.4 Å². The van der Waals surface area contributed by atoms with E-state index in [4.69, 9.17) is 28.4 Å². The topological polar surface area (TPSA) is 231 Å². The molecule has 15 heteroatoms. The molecule has 0 unspecified atom stereocenters. The minimum atomic E-state index is -1.77. The standard InChI is InChI=1S/C51H84O15/c1-3-5-7-9-11-13-15-17-19-21-23-25-27-29-31-33-42(53)61-36-39(64-43(54)34-32-30-28-26-24-22-20-18-16-14-12-10-8-6-4-2)37-62-50-49(60)47(58)45(56)41(66-50)38-63-51-48(59)46(57)44(55)40(35-52)65-51/h5-8,11-14,17-20,39-41,44-52,55-60H,3-4,9-10,15-16,21-38H2,1-2H3/b7-5-,8-6-,13-11-,14-12-,19-17-,20-18-/t39-,40+,41-,44+,45-,46-,47+,48-,49-,50-,51+/m0/s1.